The average molecular weight is 294 g/mol. The second-order valence-corrected chi connectivity index (χ2v) is 5.53. The zero-order chi connectivity index (χ0) is 15.2. The number of nitrogens with zero attached hydrogens (tertiary/aromatic N) is 1. The highest BCUT2D eigenvalue weighted by Crippen LogP contribution is 2.17. The van der Waals surface area contributed by atoms with Gasteiger partial charge in [-0.2, -0.15) is 0 Å². The van der Waals surface area contributed by atoms with Crippen LogP contribution in [0.3, 0.4) is 0 Å². The molecule has 0 aliphatic heterocycles. The van der Waals surface area contributed by atoms with Crippen molar-refractivity contribution in [2.45, 2.75) is 58.4 Å². The van der Waals surface area contributed by atoms with Crippen LogP contribution in [-0.2, 0) is 9.53 Å². The molecule has 1 fully saturated rings. The Balaban J connectivity index is 1.79. The van der Waals surface area contributed by atoms with Crippen molar-refractivity contribution in [2.75, 3.05) is 6.61 Å². The molecule has 1 heterocycles. The lowest BCUT2D eigenvalue weighted by Gasteiger charge is -2.16. The molecule has 2 rings (SSSR count). The smallest absolute Gasteiger partial charge is 0.344 e. The molecule has 1 aliphatic carbocycles. The molecule has 0 aromatic carbocycles. The summed E-state index contributed by atoms with van der Waals surface area (Å²) in [6, 6.07) is 0.206. The lowest BCUT2D eigenvalue weighted by atomic mass is 10.1. The highest BCUT2D eigenvalue weighted by atomic mass is 16.5. The third-order valence-corrected chi connectivity index (χ3v) is 3.79. The molecule has 1 aromatic heterocycles. The first kappa shape index (κ1) is 15.5. The Bertz CT molecular complexity index is 482. The molecule has 0 unspecified atom stereocenters. The van der Waals surface area contributed by atoms with E-state index in [0.29, 0.717) is 17.0 Å². The minimum Gasteiger partial charge on any atom is -0.452 e. The normalized spacial score (nSPS) is 16.3. The summed E-state index contributed by atoms with van der Waals surface area (Å²) in [6.45, 7) is 3.04. The molecule has 0 bridgehead atoms. The van der Waals surface area contributed by atoms with Gasteiger partial charge >= 0.3 is 5.97 Å². The topological polar surface area (TPSA) is 81.4 Å². The summed E-state index contributed by atoms with van der Waals surface area (Å²) in [5, 5.41) is 6.63. The van der Waals surface area contributed by atoms with Gasteiger partial charge in [-0.15, -0.1) is 0 Å². The van der Waals surface area contributed by atoms with Crippen molar-refractivity contribution in [1.29, 1.82) is 0 Å². The maximum atomic E-state index is 11.9. The molecule has 21 heavy (non-hydrogen) atoms. The second kappa shape index (κ2) is 7.24. The molecule has 1 saturated carbocycles. The highest BCUT2D eigenvalue weighted by Gasteiger charge is 2.21. The first-order valence-corrected chi connectivity index (χ1v) is 7.47. The molecule has 0 radical (unpaired) electrons. The van der Waals surface area contributed by atoms with Crippen molar-refractivity contribution in [3.8, 4) is 0 Å². The molecule has 0 spiro atoms. The van der Waals surface area contributed by atoms with E-state index in [1.165, 1.54) is 12.8 Å². The van der Waals surface area contributed by atoms with Crippen LogP contribution in [0.4, 0.5) is 0 Å². The van der Waals surface area contributed by atoms with Gasteiger partial charge in [0.15, 0.2) is 6.61 Å². The van der Waals surface area contributed by atoms with Crippen LogP contribution in [0.1, 0.15) is 60.3 Å². The predicted molar refractivity (Wildman–Crippen MR) is 75.9 cm³/mol. The number of carbonyl (C=O) groups is 2. The largest absolute Gasteiger partial charge is 0.452 e. The van der Waals surface area contributed by atoms with E-state index in [0.717, 1.165) is 25.7 Å². The van der Waals surface area contributed by atoms with Gasteiger partial charge in [0.05, 0.1) is 5.69 Å². The van der Waals surface area contributed by atoms with Gasteiger partial charge in [-0.3, -0.25) is 4.79 Å². The van der Waals surface area contributed by atoms with Crippen molar-refractivity contribution >= 4 is 11.9 Å². The van der Waals surface area contributed by atoms with E-state index in [1.807, 2.05) is 0 Å². The number of nitrogens with one attached hydrogen (secondary N) is 1. The van der Waals surface area contributed by atoms with E-state index in [-0.39, 0.29) is 18.6 Å². The van der Waals surface area contributed by atoms with Crippen molar-refractivity contribution in [3.05, 3.63) is 17.0 Å². The van der Waals surface area contributed by atoms with E-state index >= 15 is 0 Å². The van der Waals surface area contributed by atoms with E-state index in [2.05, 4.69) is 10.5 Å². The minimum atomic E-state index is -0.567. The highest BCUT2D eigenvalue weighted by molar-refractivity contribution is 5.93. The summed E-state index contributed by atoms with van der Waals surface area (Å²) < 4.78 is 9.94. The maximum Gasteiger partial charge on any atom is 0.344 e. The molecular weight excluding hydrogens is 272 g/mol. The number of esters is 1. The van der Waals surface area contributed by atoms with Crippen LogP contribution in [0.15, 0.2) is 4.52 Å². The van der Waals surface area contributed by atoms with Gasteiger partial charge in [0.25, 0.3) is 5.91 Å². The molecule has 0 atom stereocenters. The first-order chi connectivity index (χ1) is 10.1. The summed E-state index contributed by atoms with van der Waals surface area (Å²) in [5.41, 5.74) is 0.777. The van der Waals surface area contributed by atoms with Crippen LogP contribution in [0.25, 0.3) is 0 Å². The number of hydrogen-bond acceptors (Lipinski definition) is 5. The standard InChI is InChI=1S/C15H22N2O4/c1-10-14(11(2)21-17-10)15(19)20-9-13(18)16-12-7-5-3-4-6-8-12/h12H,3-9H2,1-2H3,(H,16,18). The number of carbonyl (C=O) groups excluding carboxylic acids is 2. The summed E-state index contributed by atoms with van der Waals surface area (Å²) in [7, 11) is 0. The van der Waals surface area contributed by atoms with Gasteiger partial charge in [-0.25, -0.2) is 4.79 Å². The van der Waals surface area contributed by atoms with Crippen molar-refractivity contribution in [1.82, 2.24) is 10.5 Å². The average Bonchev–Trinajstić information content (AvgIpc) is 2.67. The Hall–Kier alpha value is -1.85. The lowest BCUT2D eigenvalue weighted by molar-refractivity contribution is -0.125. The van der Waals surface area contributed by atoms with Gasteiger partial charge in [0, 0.05) is 6.04 Å². The number of aromatic nitrogens is 1. The van der Waals surface area contributed by atoms with E-state index in [4.69, 9.17) is 9.26 Å². The maximum absolute atomic E-state index is 11.9. The fraction of sp³-hybridized carbons (Fsp3) is 0.667. The third-order valence-electron chi connectivity index (χ3n) is 3.79. The minimum absolute atomic E-state index is 0.206. The monoisotopic (exact) mass is 294 g/mol. The lowest BCUT2D eigenvalue weighted by Crippen LogP contribution is -2.37. The third kappa shape index (κ3) is 4.31. The zero-order valence-electron chi connectivity index (χ0n) is 12.6. The van der Waals surface area contributed by atoms with Gasteiger partial charge in [-0.1, -0.05) is 30.8 Å². The van der Waals surface area contributed by atoms with Crippen LogP contribution < -0.4 is 5.32 Å². The van der Waals surface area contributed by atoms with Gasteiger partial charge in [-0.05, 0) is 26.7 Å². The molecular formula is C15H22N2O4. The Labute approximate surface area is 124 Å². The molecule has 6 nitrogen and oxygen atoms in total. The molecule has 6 heteroatoms. The quantitative estimate of drug-likeness (QED) is 0.680. The Kier molecular flexibility index (Phi) is 5.36. The first-order valence-electron chi connectivity index (χ1n) is 7.47. The second-order valence-electron chi connectivity index (χ2n) is 5.53. The molecule has 1 N–H and O–H groups in total. The number of hydrogen-bond donors (Lipinski definition) is 1. The van der Waals surface area contributed by atoms with Crippen LogP contribution >= 0.6 is 0 Å². The molecule has 1 aliphatic rings. The summed E-state index contributed by atoms with van der Waals surface area (Å²) in [4.78, 5) is 23.7. The van der Waals surface area contributed by atoms with E-state index < -0.39 is 5.97 Å². The fourth-order valence-corrected chi connectivity index (χ4v) is 2.67. The SMILES string of the molecule is Cc1noc(C)c1C(=O)OCC(=O)NC1CCCCCC1. The van der Waals surface area contributed by atoms with Gasteiger partial charge in [0.1, 0.15) is 11.3 Å². The number of aryl methyl sites for hydroxylation is 2. The predicted octanol–water partition coefficient (Wildman–Crippen LogP) is 2.29. The molecule has 0 saturated heterocycles. The van der Waals surface area contributed by atoms with Gasteiger partial charge < -0.3 is 14.6 Å². The van der Waals surface area contributed by atoms with Crippen LogP contribution in [0, 0.1) is 13.8 Å². The van der Waals surface area contributed by atoms with Gasteiger partial charge in [0.2, 0.25) is 0 Å². The summed E-state index contributed by atoms with van der Waals surface area (Å²) in [6.07, 6.45) is 6.75. The Morgan fingerprint density at radius 3 is 2.48 bits per heavy atom. The zero-order valence-corrected chi connectivity index (χ0v) is 12.6. The van der Waals surface area contributed by atoms with Crippen molar-refractivity contribution < 1.29 is 18.8 Å². The van der Waals surface area contributed by atoms with Crippen LogP contribution in [0.5, 0.6) is 0 Å². The number of ether oxygens (including phenoxy) is 1. The molecule has 1 amide bonds. The molecule has 116 valence electrons. The summed E-state index contributed by atoms with van der Waals surface area (Å²) >= 11 is 0. The number of amides is 1. The number of rotatable bonds is 4. The van der Waals surface area contributed by atoms with Crippen LogP contribution in [-0.4, -0.2) is 29.7 Å². The Morgan fingerprint density at radius 1 is 1.24 bits per heavy atom. The van der Waals surface area contributed by atoms with Crippen LogP contribution in [0.2, 0.25) is 0 Å². The Morgan fingerprint density at radius 2 is 1.90 bits per heavy atom. The van der Waals surface area contributed by atoms with E-state index in [9.17, 15) is 9.59 Å². The van der Waals surface area contributed by atoms with E-state index in [1.54, 1.807) is 13.8 Å². The summed E-state index contributed by atoms with van der Waals surface area (Å²) in [5.74, 6) is -0.411. The molecule has 1 aromatic rings. The van der Waals surface area contributed by atoms with Crippen molar-refractivity contribution in [2.24, 2.45) is 0 Å². The fourth-order valence-electron chi connectivity index (χ4n) is 2.67. The van der Waals surface area contributed by atoms with Crippen molar-refractivity contribution in [3.63, 3.8) is 0 Å².